The number of carbonyl (C=O) groups is 2. The number of hydrogen-bond acceptors (Lipinski definition) is 11. The van der Waals surface area contributed by atoms with Crippen LogP contribution in [0.3, 0.4) is 0 Å². The summed E-state index contributed by atoms with van der Waals surface area (Å²) in [5.41, 5.74) is 0.690. The maximum absolute atomic E-state index is 13.6. The van der Waals surface area contributed by atoms with E-state index >= 15 is 0 Å². The molecule has 0 spiro atoms. The van der Waals surface area contributed by atoms with Gasteiger partial charge in [-0.1, -0.05) is 50.3 Å². The van der Waals surface area contributed by atoms with E-state index in [1.807, 2.05) is 44.2 Å². The summed E-state index contributed by atoms with van der Waals surface area (Å²) in [4.78, 5) is 41.0. The number of nitrogens with zero attached hydrogens (tertiary/aromatic N) is 3. The van der Waals surface area contributed by atoms with Crippen molar-refractivity contribution >= 4 is 18.2 Å². The first-order valence-electron chi connectivity index (χ1n) is 17.4. The van der Waals surface area contributed by atoms with E-state index in [0.717, 1.165) is 18.7 Å². The minimum atomic E-state index is -0.458. The van der Waals surface area contributed by atoms with Gasteiger partial charge in [-0.15, -0.1) is 0 Å². The van der Waals surface area contributed by atoms with E-state index in [-0.39, 0.29) is 68.5 Å². The van der Waals surface area contributed by atoms with Gasteiger partial charge in [-0.05, 0) is 11.0 Å². The topological polar surface area (TPSA) is 161 Å². The third kappa shape index (κ3) is 18.0. The van der Waals surface area contributed by atoms with E-state index in [2.05, 4.69) is 21.6 Å². The van der Waals surface area contributed by atoms with E-state index in [1.54, 1.807) is 17.4 Å². The van der Waals surface area contributed by atoms with Gasteiger partial charge in [0.05, 0.1) is 85.2 Å². The van der Waals surface area contributed by atoms with Crippen molar-refractivity contribution in [2.75, 3.05) is 125 Å². The Balaban J connectivity index is 0.00000901. The van der Waals surface area contributed by atoms with Crippen LogP contribution in [-0.2, 0) is 42.8 Å². The third-order valence-corrected chi connectivity index (χ3v) is 8.27. The molecule has 2 N–H and O–H groups in total. The summed E-state index contributed by atoms with van der Waals surface area (Å²) in [6.07, 6.45) is 3.36. The van der Waals surface area contributed by atoms with Crippen LogP contribution in [0.25, 0.3) is 0 Å². The van der Waals surface area contributed by atoms with Crippen molar-refractivity contribution in [2.24, 2.45) is 11.3 Å². The Labute approximate surface area is 333 Å². The van der Waals surface area contributed by atoms with Crippen molar-refractivity contribution in [3.8, 4) is 6.07 Å². The number of nitriles is 1. The molecule has 2 aliphatic rings. The van der Waals surface area contributed by atoms with E-state index in [1.165, 1.54) is 0 Å². The molecule has 0 unspecified atom stereocenters. The van der Waals surface area contributed by atoms with Crippen LogP contribution in [0.15, 0.2) is 42.0 Å². The molecule has 3 rings (SSSR count). The maximum Gasteiger partial charge on any atom is 0.264 e. The van der Waals surface area contributed by atoms with Gasteiger partial charge in [0.15, 0.2) is 0 Å². The number of likely N-dealkylation sites (tertiary alicyclic amines) is 1. The Bertz CT molecular complexity index is 1210. The maximum atomic E-state index is 13.6. The molecule has 0 saturated carbocycles. The fourth-order valence-corrected chi connectivity index (χ4v) is 5.89. The summed E-state index contributed by atoms with van der Waals surface area (Å²) >= 11 is 0. The molecule has 1 radical (unpaired) electrons. The van der Waals surface area contributed by atoms with Crippen LogP contribution >= 0.6 is 0 Å². The molecule has 14 nitrogen and oxygen atoms in total. The van der Waals surface area contributed by atoms with Crippen molar-refractivity contribution in [3.63, 3.8) is 0 Å². The quantitative estimate of drug-likeness (QED) is 0.0473. The SMILES string of the molecule is CC(C)(/C=C(\C#N)C(=O)N1C[C@@H](C(=O)NCCOCCOCCOCCOCCOCCN[C-]=O)[C@H](c2ccccc2)C1)CN1CCOCC1.[Tb]. The normalized spacial score (nSPS) is 18.1. The molecule has 0 aromatic heterocycles. The monoisotopic (exact) mass is 859 g/mol. The van der Waals surface area contributed by atoms with Gasteiger partial charge in [0, 0.05) is 90.3 Å². The molecular formula is C36H54N5O9Tb-. The number of nitrogens with one attached hydrogen (secondary N) is 2. The zero-order valence-corrected chi connectivity index (χ0v) is 32.0. The molecule has 2 saturated heterocycles. The Morgan fingerprint density at radius 2 is 1.45 bits per heavy atom. The van der Waals surface area contributed by atoms with Crippen LogP contribution in [-0.4, -0.2) is 153 Å². The second kappa shape index (κ2) is 26.6. The predicted molar refractivity (Wildman–Crippen MR) is 185 cm³/mol. The van der Waals surface area contributed by atoms with Gasteiger partial charge in [-0.2, -0.15) is 11.7 Å². The van der Waals surface area contributed by atoms with E-state index in [9.17, 15) is 19.6 Å². The van der Waals surface area contributed by atoms with E-state index < -0.39 is 11.3 Å². The summed E-state index contributed by atoms with van der Waals surface area (Å²) in [6, 6.07) is 11.9. The van der Waals surface area contributed by atoms with Gasteiger partial charge in [0.25, 0.3) is 5.91 Å². The molecule has 2 aliphatic heterocycles. The summed E-state index contributed by atoms with van der Waals surface area (Å²) in [5.74, 6) is -1.15. The van der Waals surface area contributed by atoms with E-state index in [4.69, 9.17) is 28.4 Å². The fourth-order valence-electron chi connectivity index (χ4n) is 5.89. The van der Waals surface area contributed by atoms with Gasteiger partial charge in [0.2, 0.25) is 5.91 Å². The number of morpholine rings is 1. The van der Waals surface area contributed by atoms with E-state index in [0.29, 0.717) is 105 Å². The number of carbonyl (C=O) groups excluding carboxylic acids is 3. The predicted octanol–water partition coefficient (Wildman–Crippen LogP) is 0.893. The minimum absolute atomic E-state index is 0. The van der Waals surface area contributed by atoms with Crippen molar-refractivity contribution < 1.29 is 81.4 Å². The fraction of sp³-hybridized carbons (Fsp3) is 0.667. The first-order valence-corrected chi connectivity index (χ1v) is 17.4. The Morgan fingerprint density at radius 1 is 0.902 bits per heavy atom. The van der Waals surface area contributed by atoms with Crippen LogP contribution in [0, 0.1) is 61.3 Å². The standard InChI is InChI=1S/C36H54N5O9.Tb/c1-36(2,28-40-10-14-47-15-11-40)24-31(25-37)35(44)41-26-32(30-6-4-3-5-7-30)33(27-41)34(43)39-9-13-46-17-19-49-21-23-50-22-20-48-18-16-45-12-8-38-29-42;/h3-7,24,32-33H,8-23,26-28H2,1-2H3,(H,38,42)(H,39,43);/q-1;/b31-24+;/t32-,33+;/m0./s1. The molecule has 0 bridgehead atoms. The Hall–Kier alpha value is -2.13. The zero-order valence-electron chi connectivity index (χ0n) is 29.9. The first-order chi connectivity index (χ1) is 24.3. The third-order valence-electron chi connectivity index (χ3n) is 8.27. The van der Waals surface area contributed by atoms with Crippen LogP contribution in [0.1, 0.15) is 25.3 Å². The van der Waals surface area contributed by atoms with Crippen molar-refractivity contribution in [3.05, 3.63) is 47.5 Å². The van der Waals surface area contributed by atoms with Crippen molar-refractivity contribution in [1.29, 1.82) is 5.26 Å². The number of ether oxygens (including phenoxy) is 6. The molecule has 51 heavy (non-hydrogen) atoms. The zero-order chi connectivity index (χ0) is 35.9. The first kappa shape index (κ1) is 45.0. The molecule has 287 valence electrons. The number of amides is 3. The van der Waals surface area contributed by atoms with Crippen LogP contribution in [0.5, 0.6) is 0 Å². The van der Waals surface area contributed by atoms with Crippen LogP contribution in [0.2, 0.25) is 0 Å². The summed E-state index contributed by atoms with van der Waals surface area (Å²) in [6.45, 7) is 13.3. The molecule has 1 aromatic carbocycles. The second-order valence-electron chi connectivity index (χ2n) is 12.8. The average molecular weight is 860 g/mol. The average Bonchev–Trinajstić information content (AvgIpc) is 3.58. The van der Waals surface area contributed by atoms with Gasteiger partial charge >= 0.3 is 0 Å². The number of benzene rings is 1. The Morgan fingerprint density at radius 3 is 2.00 bits per heavy atom. The van der Waals surface area contributed by atoms with Gasteiger partial charge < -0.3 is 48.7 Å². The molecule has 2 heterocycles. The molecule has 1 aromatic rings. The van der Waals surface area contributed by atoms with Crippen LogP contribution in [0.4, 0.5) is 0 Å². The van der Waals surface area contributed by atoms with Crippen molar-refractivity contribution in [1.82, 2.24) is 20.4 Å². The molecular weight excluding hydrogens is 805 g/mol. The minimum Gasteiger partial charge on any atom is -0.528 e. The Kier molecular flexibility index (Phi) is 23.5. The smallest absolute Gasteiger partial charge is 0.264 e. The molecule has 0 aliphatic carbocycles. The molecule has 15 heteroatoms. The van der Waals surface area contributed by atoms with Gasteiger partial charge in [-0.3, -0.25) is 14.5 Å². The van der Waals surface area contributed by atoms with Gasteiger partial charge in [0.1, 0.15) is 11.6 Å². The largest absolute Gasteiger partial charge is 0.528 e. The summed E-state index contributed by atoms with van der Waals surface area (Å²) < 4.78 is 32.7. The summed E-state index contributed by atoms with van der Waals surface area (Å²) in [7, 11) is 0. The van der Waals surface area contributed by atoms with Crippen molar-refractivity contribution in [2.45, 2.75) is 19.8 Å². The van der Waals surface area contributed by atoms with Gasteiger partial charge in [-0.25, -0.2) is 0 Å². The molecule has 3 amide bonds. The second-order valence-corrected chi connectivity index (χ2v) is 12.8. The molecule has 2 fully saturated rings. The molecule has 2 atom stereocenters. The number of rotatable bonds is 25. The summed E-state index contributed by atoms with van der Waals surface area (Å²) in [5, 5.41) is 15.3. The van der Waals surface area contributed by atoms with Crippen LogP contribution < -0.4 is 10.6 Å². The number of hydrogen-bond donors (Lipinski definition) is 2.